The van der Waals surface area contributed by atoms with Gasteiger partial charge in [0.1, 0.15) is 22.9 Å². The summed E-state index contributed by atoms with van der Waals surface area (Å²) >= 11 is 0. The fraction of sp³-hybridized carbons (Fsp3) is 0.250. The van der Waals surface area contributed by atoms with Crippen molar-refractivity contribution in [1.29, 1.82) is 0 Å². The molecule has 0 heterocycles. The first-order chi connectivity index (χ1) is 10.9. The van der Waals surface area contributed by atoms with Crippen molar-refractivity contribution in [2.75, 3.05) is 26.1 Å². The Labute approximate surface area is 136 Å². The lowest BCUT2D eigenvalue weighted by Gasteiger charge is -2.16. The summed E-state index contributed by atoms with van der Waals surface area (Å²) in [6.07, 6.45) is 0. The molecule has 0 aliphatic rings. The van der Waals surface area contributed by atoms with Crippen LogP contribution in [0.25, 0.3) is 0 Å². The lowest BCUT2D eigenvalue weighted by atomic mass is 10.2. The number of nitrogens with one attached hydrogen (secondary N) is 1. The zero-order valence-corrected chi connectivity index (χ0v) is 14.2. The minimum atomic E-state index is -3.77. The zero-order valence-electron chi connectivity index (χ0n) is 13.4. The molecule has 124 valence electrons. The summed E-state index contributed by atoms with van der Waals surface area (Å²) in [5, 5.41) is 0. The number of anilines is 1. The van der Waals surface area contributed by atoms with E-state index in [1.54, 1.807) is 36.4 Å². The van der Waals surface area contributed by atoms with Gasteiger partial charge in [0.2, 0.25) is 0 Å². The molecule has 6 nitrogen and oxygen atoms in total. The van der Waals surface area contributed by atoms with E-state index in [9.17, 15) is 8.42 Å². The Morgan fingerprint density at radius 3 is 1.83 bits per heavy atom. The van der Waals surface area contributed by atoms with Gasteiger partial charge in [-0.1, -0.05) is 17.7 Å². The number of methoxy groups -OCH3 is 3. The summed E-state index contributed by atoms with van der Waals surface area (Å²) in [7, 11) is 0.623. The fourth-order valence-electron chi connectivity index (χ4n) is 2.02. The second kappa shape index (κ2) is 6.78. The highest BCUT2D eigenvalue weighted by atomic mass is 32.2. The van der Waals surface area contributed by atoms with Gasteiger partial charge in [-0.2, -0.15) is 0 Å². The Bertz CT molecular complexity index is 760. The summed E-state index contributed by atoms with van der Waals surface area (Å²) in [4.78, 5) is 0.156. The molecule has 1 N–H and O–H groups in total. The van der Waals surface area contributed by atoms with Gasteiger partial charge in [-0.3, -0.25) is 4.72 Å². The van der Waals surface area contributed by atoms with E-state index in [0.29, 0.717) is 17.2 Å². The standard InChI is InChI=1S/C16H19NO5S/c1-11-5-7-13(8-6-11)23(18,19)17-16-14(21-3)9-12(20-2)10-15(16)22-4/h5-10,17H,1-4H3. The Morgan fingerprint density at radius 2 is 1.39 bits per heavy atom. The average Bonchev–Trinajstić information content (AvgIpc) is 2.55. The zero-order chi connectivity index (χ0) is 17.0. The molecular weight excluding hydrogens is 318 g/mol. The average molecular weight is 337 g/mol. The molecule has 0 radical (unpaired) electrons. The molecule has 0 spiro atoms. The molecule has 0 aromatic heterocycles. The van der Waals surface area contributed by atoms with Crippen molar-refractivity contribution in [2.24, 2.45) is 0 Å². The van der Waals surface area contributed by atoms with Crippen LogP contribution in [-0.4, -0.2) is 29.7 Å². The number of hydrogen-bond donors (Lipinski definition) is 1. The molecule has 0 saturated heterocycles. The van der Waals surface area contributed by atoms with Gasteiger partial charge in [0.05, 0.1) is 26.2 Å². The molecule has 0 aliphatic heterocycles. The predicted molar refractivity (Wildman–Crippen MR) is 88.1 cm³/mol. The quantitative estimate of drug-likeness (QED) is 0.877. The molecule has 2 rings (SSSR count). The van der Waals surface area contributed by atoms with Crippen LogP contribution in [0.4, 0.5) is 5.69 Å². The maximum atomic E-state index is 12.6. The Balaban J connectivity index is 2.47. The number of aryl methyl sites for hydroxylation is 1. The van der Waals surface area contributed by atoms with Crippen molar-refractivity contribution >= 4 is 15.7 Å². The van der Waals surface area contributed by atoms with E-state index in [1.165, 1.54) is 21.3 Å². The van der Waals surface area contributed by atoms with Gasteiger partial charge in [0.25, 0.3) is 10.0 Å². The summed E-state index contributed by atoms with van der Waals surface area (Å²) in [5.41, 5.74) is 1.19. The number of hydrogen-bond acceptors (Lipinski definition) is 5. The molecule has 2 aromatic carbocycles. The lowest BCUT2D eigenvalue weighted by Crippen LogP contribution is -2.14. The van der Waals surface area contributed by atoms with Crippen molar-refractivity contribution in [3.63, 3.8) is 0 Å². The van der Waals surface area contributed by atoms with Gasteiger partial charge in [-0.05, 0) is 19.1 Å². The topological polar surface area (TPSA) is 73.9 Å². The van der Waals surface area contributed by atoms with E-state index in [1.807, 2.05) is 6.92 Å². The van der Waals surface area contributed by atoms with Gasteiger partial charge in [0.15, 0.2) is 0 Å². The molecule has 0 unspecified atom stereocenters. The van der Waals surface area contributed by atoms with Gasteiger partial charge in [0, 0.05) is 12.1 Å². The minimum Gasteiger partial charge on any atom is -0.496 e. The molecular formula is C16H19NO5S. The second-order valence-electron chi connectivity index (χ2n) is 4.83. The van der Waals surface area contributed by atoms with Crippen LogP contribution >= 0.6 is 0 Å². The lowest BCUT2D eigenvalue weighted by molar-refractivity contribution is 0.378. The van der Waals surface area contributed by atoms with Crippen LogP contribution in [0, 0.1) is 6.92 Å². The normalized spacial score (nSPS) is 11.0. The van der Waals surface area contributed by atoms with E-state index in [4.69, 9.17) is 14.2 Å². The van der Waals surface area contributed by atoms with Gasteiger partial charge in [-0.15, -0.1) is 0 Å². The van der Waals surface area contributed by atoms with Crippen molar-refractivity contribution < 1.29 is 22.6 Å². The Kier molecular flexibility index (Phi) is 5.00. The monoisotopic (exact) mass is 337 g/mol. The molecule has 0 fully saturated rings. The first-order valence-electron chi connectivity index (χ1n) is 6.80. The molecule has 23 heavy (non-hydrogen) atoms. The smallest absolute Gasteiger partial charge is 0.262 e. The summed E-state index contributed by atoms with van der Waals surface area (Å²) in [5.74, 6) is 1.10. The van der Waals surface area contributed by atoms with E-state index >= 15 is 0 Å². The number of benzene rings is 2. The minimum absolute atomic E-state index is 0.156. The molecule has 0 saturated carbocycles. The highest BCUT2D eigenvalue weighted by Crippen LogP contribution is 2.40. The fourth-order valence-corrected chi connectivity index (χ4v) is 3.10. The van der Waals surface area contributed by atoms with Crippen LogP contribution in [0.5, 0.6) is 17.2 Å². The third-order valence-corrected chi connectivity index (χ3v) is 4.65. The van der Waals surface area contributed by atoms with Crippen LogP contribution in [0.1, 0.15) is 5.56 Å². The molecule has 0 atom stereocenters. The van der Waals surface area contributed by atoms with Crippen LogP contribution in [0.15, 0.2) is 41.3 Å². The van der Waals surface area contributed by atoms with Gasteiger partial charge >= 0.3 is 0 Å². The SMILES string of the molecule is COc1cc(OC)c(NS(=O)(=O)c2ccc(C)cc2)c(OC)c1. The Hall–Kier alpha value is -2.41. The van der Waals surface area contributed by atoms with Crippen LogP contribution in [0.2, 0.25) is 0 Å². The van der Waals surface area contributed by atoms with E-state index in [0.717, 1.165) is 5.56 Å². The molecule has 0 bridgehead atoms. The van der Waals surface area contributed by atoms with E-state index in [-0.39, 0.29) is 10.6 Å². The highest BCUT2D eigenvalue weighted by Gasteiger charge is 2.21. The largest absolute Gasteiger partial charge is 0.496 e. The number of sulfonamides is 1. The van der Waals surface area contributed by atoms with Gasteiger partial charge in [-0.25, -0.2) is 8.42 Å². The van der Waals surface area contributed by atoms with Crippen LogP contribution in [-0.2, 0) is 10.0 Å². The highest BCUT2D eigenvalue weighted by molar-refractivity contribution is 7.92. The third kappa shape index (κ3) is 3.68. The van der Waals surface area contributed by atoms with E-state index < -0.39 is 10.0 Å². The summed E-state index contributed by atoms with van der Waals surface area (Å²) in [6.45, 7) is 1.89. The number of ether oxygens (including phenoxy) is 3. The molecule has 2 aromatic rings. The van der Waals surface area contributed by atoms with Gasteiger partial charge < -0.3 is 14.2 Å². The van der Waals surface area contributed by atoms with Crippen molar-refractivity contribution in [3.8, 4) is 17.2 Å². The van der Waals surface area contributed by atoms with E-state index in [2.05, 4.69) is 4.72 Å². The summed E-state index contributed by atoms with van der Waals surface area (Å²) in [6, 6.07) is 9.71. The Morgan fingerprint density at radius 1 is 0.870 bits per heavy atom. The maximum Gasteiger partial charge on any atom is 0.262 e. The van der Waals surface area contributed by atoms with Crippen molar-refractivity contribution in [1.82, 2.24) is 0 Å². The third-order valence-electron chi connectivity index (χ3n) is 3.28. The second-order valence-corrected chi connectivity index (χ2v) is 6.51. The maximum absolute atomic E-state index is 12.6. The number of rotatable bonds is 6. The first kappa shape index (κ1) is 17.0. The summed E-state index contributed by atoms with van der Waals surface area (Å²) < 4.78 is 43.2. The predicted octanol–water partition coefficient (Wildman–Crippen LogP) is 2.82. The molecule has 7 heteroatoms. The first-order valence-corrected chi connectivity index (χ1v) is 8.29. The molecule has 0 amide bonds. The van der Waals surface area contributed by atoms with Crippen molar-refractivity contribution in [2.45, 2.75) is 11.8 Å². The molecule has 0 aliphatic carbocycles. The van der Waals surface area contributed by atoms with Crippen LogP contribution in [0.3, 0.4) is 0 Å². The van der Waals surface area contributed by atoms with Crippen LogP contribution < -0.4 is 18.9 Å². The van der Waals surface area contributed by atoms with Crippen molar-refractivity contribution in [3.05, 3.63) is 42.0 Å².